The Morgan fingerprint density at radius 1 is 0.929 bits per heavy atom. The molecule has 0 amide bonds. The molecule has 4 aromatic rings. The van der Waals surface area contributed by atoms with Crippen LogP contribution in [0.1, 0.15) is 12.5 Å². The van der Waals surface area contributed by atoms with Crippen molar-refractivity contribution in [3.8, 4) is 0 Å². The molecule has 56 heavy (non-hydrogen) atoms. The molecule has 4 aromatic heterocycles. The lowest BCUT2D eigenvalue weighted by atomic mass is 10.1. The summed E-state index contributed by atoms with van der Waals surface area (Å²) in [6, 6.07) is 0. The van der Waals surface area contributed by atoms with Gasteiger partial charge in [0.1, 0.15) is 36.6 Å². The number of fused-ring (bicyclic) bond motifs is 2. The lowest BCUT2D eigenvalue weighted by Gasteiger charge is -2.21. The standard InChI is InChI=1S/C22H30N10O20P4/c1-30-6-32(16-10(30)18(36)29-22(24)27-16)20-11(33)13(45-2)7(48-20)3-46-55(41,42)51-53(37)52-56(43,44)47-4-8-14(50-54(38,39)40)12(34)19(49-8)31-5-25-9-15(31)26-21(23)28-17(9)35/h5-8,11-14,19-20,33-34H,3-4H2,1-2H3,(H8-2,23,24,26,27,28,29,35,36,38,39,40,41,42,43,44)/p+2/t7-,8-,11-,12-,13-,14-,19-,20-/m1/s1. The van der Waals surface area contributed by atoms with Gasteiger partial charge in [0.05, 0.1) is 26.6 Å². The summed E-state index contributed by atoms with van der Waals surface area (Å²) >= 11 is 0. The number of aliphatic hydroxyl groups is 2. The Labute approximate surface area is 310 Å². The van der Waals surface area contributed by atoms with Gasteiger partial charge in [-0.1, -0.05) is 4.98 Å². The van der Waals surface area contributed by atoms with Crippen molar-refractivity contribution in [1.29, 1.82) is 0 Å². The fraction of sp³-hybridized carbons (Fsp3) is 0.545. The van der Waals surface area contributed by atoms with E-state index in [4.69, 9.17) is 34.7 Å². The van der Waals surface area contributed by atoms with Crippen LogP contribution < -0.4 is 27.2 Å². The molecular formula is C22H32N10O20P4+2. The van der Waals surface area contributed by atoms with Gasteiger partial charge in [-0.05, 0) is 8.62 Å². The van der Waals surface area contributed by atoms with Gasteiger partial charge in [0, 0.05) is 11.7 Å². The summed E-state index contributed by atoms with van der Waals surface area (Å²) in [4.78, 5) is 80.0. The number of nitrogen functional groups attached to an aromatic ring is 2. The summed E-state index contributed by atoms with van der Waals surface area (Å²) < 4.78 is 92.2. The van der Waals surface area contributed by atoms with Crippen molar-refractivity contribution >= 4 is 65.9 Å². The van der Waals surface area contributed by atoms with Crippen LogP contribution >= 0.6 is 31.7 Å². The second kappa shape index (κ2) is 15.7. The number of phosphoric acid groups is 3. The molecule has 3 unspecified atom stereocenters. The number of nitrogens with two attached hydrogens (primary N) is 2. The Morgan fingerprint density at radius 3 is 2.12 bits per heavy atom. The SMILES string of the molecule is CO[C@H]1[C@@H](O)[C@H]([n+]2cn(C)c3c(=O)[nH]c(N)nc32)O[C@@H]1COP(=O)(O)O[P+](=O)OP(=O)(O)OC[C@H]1O[C@@H](n2cnc3c(=O)[nH]c(N)nc32)[C@H](O)[C@@H]1OP(=O)(O)O. The predicted molar refractivity (Wildman–Crippen MR) is 177 cm³/mol. The zero-order valence-corrected chi connectivity index (χ0v) is 31.8. The molecular weight excluding hydrogens is 848 g/mol. The Kier molecular flexibility index (Phi) is 11.8. The molecule has 11 atom stereocenters. The second-order valence-electron chi connectivity index (χ2n) is 11.8. The van der Waals surface area contributed by atoms with Crippen molar-refractivity contribution < 1.29 is 89.0 Å². The van der Waals surface area contributed by atoms with Crippen LogP contribution in [0, 0.1) is 0 Å². The number of nitrogens with zero attached hydrogens (tertiary/aromatic N) is 6. The van der Waals surface area contributed by atoms with Gasteiger partial charge >= 0.3 is 37.4 Å². The van der Waals surface area contributed by atoms with Gasteiger partial charge < -0.3 is 45.7 Å². The van der Waals surface area contributed by atoms with Gasteiger partial charge in [-0.3, -0.25) is 52.0 Å². The summed E-state index contributed by atoms with van der Waals surface area (Å²) in [5.41, 5.74) is 9.39. The number of phosphoric ester groups is 3. The molecule has 6 rings (SSSR count). The van der Waals surface area contributed by atoms with Crippen LogP contribution in [0.3, 0.4) is 0 Å². The summed E-state index contributed by atoms with van der Waals surface area (Å²) in [6.07, 6.45) is -10.5. The fourth-order valence-electron chi connectivity index (χ4n) is 5.90. The Hall–Kier alpha value is -3.47. The third-order valence-electron chi connectivity index (χ3n) is 8.08. The van der Waals surface area contributed by atoms with E-state index in [0.29, 0.717) is 0 Å². The van der Waals surface area contributed by atoms with Gasteiger partial charge in [0.2, 0.25) is 17.7 Å². The van der Waals surface area contributed by atoms with Crippen LogP contribution in [-0.4, -0.2) is 121 Å². The average molecular weight is 880 g/mol. The third kappa shape index (κ3) is 8.82. The topological polar surface area (TPSA) is 434 Å². The van der Waals surface area contributed by atoms with E-state index in [9.17, 15) is 57.6 Å². The highest BCUT2D eigenvalue weighted by Gasteiger charge is 2.53. The maximum absolute atomic E-state index is 12.6. The van der Waals surface area contributed by atoms with E-state index in [-0.39, 0.29) is 34.2 Å². The van der Waals surface area contributed by atoms with Crippen LogP contribution in [-0.2, 0) is 61.7 Å². The van der Waals surface area contributed by atoms with Crippen molar-refractivity contribution in [2.75, 3.05) is 31.8 Å². The zero-order chi connectivity index (χ0) is 41.1. The number of rotatable bonds is 15. The molecule has 0 aliphatic carbocycles. The lowest BCUT2D eigenvalue weighted by molar-refractivity contribution is -0.745. The van der Waals surface area contributed by atoms with Gasteiger partial charge in [0.15, 0.2) is 23.7 Å². The van der Waals surface area contributed by atoms with Crippen LogP contribution in [0.5, 0.6) is 0 Å². The van der Waals surface area contributed by atoms with Crippen molar-refractivity contribution in [1.82, 2.24) is 34.1 Å². The molecule has 0 spiro atoms. The molecule has 6 heterocycles. The highest BCUT2D eigenvalue weighted by atomic mass is 31.3. The summed E-state index contributed by atoms with van der Waals surface area (Å²) in [7, 11) is -17.7. The summed E-state index contributed by atoms with van der Waals surface area (Å²) in [5.74, 6) is -0.614. The first-order valence-corrected chi connectivity index (χ1v) is 20.9. The van der Waals surface area contributed by atoms with E-state index in [2.05, 4.69) is 38.1 Å². The molecule has 30 nitrogen and oxygen atoms in total. The van der Waals surface area contributed by atoms with Crippen molar-refractivity contribution in [3.05, 3.63) is 33.4 Å². The number of H-pyrrole nitrogens is 2. The largest absolute Gasteiger partial charge is 0.719 e. The third-order valence-corrected chi connectivity index (χ3v) is 12.3. The van der Waals surface area contributed by atoms with Crippen LogP contribution in [0.4, 0.5) is 11.9 Å². The number of anilines is 2. The number of ether oxygens (including phenoxy) is 3. The van der Waals surface area contributed by atoms with E-state index in [0.717, 1.165) is 10.9 Å². The molecule has 0 saturated carbocycles. The van der Waals surface area contributed by atoms with E-state index in [1.165, 1.54) is 29.6 Å². The van der Waals surface area contributed by atoms with E-state index in [1.54, 1.807) is 0 Å². The number of imidazole rings is 2. The molecule has 2 saturated heterocycles. The minimum atomic E-state index is -5.57. The fourth-order valence-corrected chi connectivity index (χ4v) is 9.26. The smallest absolute Gasteiger partial charge is 0.386 e. The monoisotopic (exact) mass is 880 g/mol. The summed E-state index contributed by atoms with van der Waals surface area (Å²) in [6.45, 7) is -2.07. The number of hydrogen-bond acceptors (Lipinski definition) is 21. The van der Waals surface area contributed by atoms with Crippen LogP contribution in [0.15, 0.2) is 22.2 Å². The number of aromatic nitrogens is 8. The first kappa shape index (κ1) is 42.1. The zero-order valence-electron chi connectivity index (χ0n) is 28.2. The van der Waals surface area contributed by atoms with E-state index in [1.807, 2.05) is 0 Å². The van der Waals surface area contributed by atoms with Gasteiger partial charge in [-0.25, -0.2) is 23.2 Å². The van der Waals surface area contributed by atoms with Crippen molar-refractivity contribution in [2.24, 2.45) is 7.05 Å². The maximum Gasteiger partial charge on any atom is 0.719 e. The van der Waals surface area contributed by atoms with Gasteiger partial charge in [-0.2, -0.15) is 4.98 Å². The normalized spacial score (nSPS) is 28.2. The van der Waals surface area contributed by atoms with Crippen LogP contribution in [0.25, 0.3) is 22.3 Å². The van der Waals surface area contributed by atoms with Crippen LogP contribution in [0.2, 0.25) is 0 Å². The molecule has 2 fully saturated rings. The maximum atomic E-state index is 12.6. The van der Waals surface area contributed by atoms with Gasteiger partial charge in [-0.15, -0.1) is 0 Å². The number of aromatic amines is 2. The minimum absolute atomic E-state index is 0.00282. The van der Waals surface area contributed by atoms with E-state index < -0.39 is 105 Å². The molecule has 2 aliphatic rings. The minimum Gasteiger partial charge on any atom is -0.386 e. The highest BCUT2D eigenvalue weighted by Crippen LogP contribution is 2.60. The second-order valence-corrected chi connectivity index (χ2v) is 17.2. The highest BCUT2D eigenvalue weighted by molar-refractivity contribution is 7.61. The molecule has 2 aliphatic heterocycles. The molecule has 0 aromatic carbocycles. The Bertz CT molecular complexity index is 2420. The Balaban J connectivity index is 1.08. The molecule has 34 heteroatoms. The quantitative estimate of drug-likeness (QED) is 0.0415. The molecule has 308 valence electrons. The summed E-state index contributed by atoms with van der Waals surface area (Å²) in [5, 5.41) is 21.8. The number of aliphatic hydroxyl groups excluding tert-OH is 2. The van der Waals surface area contributed by atoms with Crippen molar-refractivity contribution in [2.45, 2.75) is 49.1 Å². The number of aryl methyl sites for hydroxylation is 1. The predicted octanol–water partition coefficient (Wildman–Crippen LogP) is -3.22. The first-order valence-electron chi connectivity index (χ1n) is 15.3. The molecule has 0 radical (unpaired) electrons. The lowest BCUT2D eigenvalue weighted by Crippen LogP contribution is -2.46. The number of hydrogen-bond donors (Lipinski definition) is 10. The average Bonchev–Trinajstić information content (AvgIpc) is 3.80. The number of methoxy groups -OCH3 is 1. The number of nitrogens with one attached hydrogen (secondary N) is 2. The Morgan fingerprint density at radius 2 is 1.52 bits per heavy atom. The van der Waals surface area contributed by atoms with E-state index >= 15 is 0 Å². The molecule has 12 N–H and O–H groups in total. The first-order chi connectivity index (χ1) is 26.1. The van der Waals surface area contributed by atoms with Gasteiger partial charge in [0.25, 0.3) is 17.1 Å². The molecule has 0 bridgehead atoms. The van der Waals surface area contributed by atoms with Crippen molar-refractivity contribution in [3.63, 3.8) is 0 Å².